The number of ether oxygens (including phenoxy) is 1. The third kappa shape index (κ3) is 7.75. The summed E-state index contributed by atoms with van der Waals surface area (Å²) in [4.78, 5) is 42.6. The molecule has 1 rings (SSSR count). The third-order valence-electron chi connectivity index (χ3n) is 6.80. The zero-order valence-electron chi connectivity index (χ0n) is 21.8. The van der Waals surface area contributed by atoms with Gasteiger partial charge in [-0.25, -0.2) is 0 Å². The van der Waals surface area contributed by atoms with Crippen LogP contribution < -0.4 is 5.32 Å². The van der Waals surface area contributed by atoms with Gasteiger partial charge in [-0.2, -0.15) is 0 Å². The van der Waals surface area contributed by atoms with Crippen LogP contribution in [0.3, 0.4) is 0 Å². The van der Waals surface area contributed by atoms with Gasteiger partial charge in [0, 0.05) is 33.2 Å². The second kappa shape index (κ2) is 13.2. The number of carbonyl (C=O) groups is 3. The highest BCUT2D eigenvalue weighted by molar-refractivity contribution is 5.88. The Balaban J connectivity index is 3.06. The lowest BCUT2D eigenvalue weighted by molar-refractivity contribution is -0.145. The first-order valence-corrected chi connectivity index (χ1v) is 12.3. The van der Waals surface area contributed by atoms with E-state index in [1.807, 2.05) is 32.6 Å². The predicted octanol–water partition coefficient (Wildman–Crippen LogP) is 3.46. The first-order valence-electron chi connectivity index (χ1n) is 12.3. The molecule has 7 heteroatoms. The molecule has 1 aliphatic heterocycles. The van der Waals surface area contributed by atoms with Crippen molar-refractivity contribution < 1.29 is 19.1 Å². The number of carbonyl (C=O) groups excluding carboxylic acids is 3. The minimum absolute atomic E-state index is 0.0493. The topological polar surface area (TPSA) is 79.0 Å². The fraction of sp³-hybridized carbons (Fsp3) is 0.880. The summed E-state index contributed by atoms with van der Waals surface area (Å²) in [7, 11) is 3.39. The SMILES string of the molecule is CC[C@H](C)[C@@H]([C@@H](CC(=O)N1CCCC1C)OC)N(C)C(=O)[C@@H](NC(=O)CC(C)C)C(C)C. The molecule has 0 spiro atoms. The number of amides is 3. The maximum absolute atomic E-state index is 13.5. The Hall–Kier alpha value is -1.63. The summed E-state index contributed by atoms with van der Waals surface area (Å²) in [5.74, 6) is 0.152. The molecule has 1 heterocycles. The number of hydrogen-bond acceptors (Lipinski definition) is 4. The lowest BCUT2D eigenvalue weighted by atomic mass is 9.89. The molecule has 186 valence electrons. The molecular weight excluding hydrogens is 406 g/mol. The summed E-state index contributed by atoms with van der Waals surface area (Å²) in [5, 5.41) is 2.94. The second-order valence-corrected chi connectivity index (χ2v) is 10.3. The molecule has 0 bridgehead atoms. The van der Waals surface area contributed by atoms with Crippen LogP contribution in [0.5, 0.6) is 0 Å². The molecule has 0 aromatic rings. The summed E-state index contributed by atoms with van der Waals surface area (Å²) in [6.45, 7) is 14.9. The molecule has 0 saturated carbocycles. The molecular formula is C25H47N3O4. The number of hydrogen-bond donors (Lipinski definition) is 1. The van der Waals surface area contributed by atoms with Gasteiger partial charge in [-0.05, 0) is 37.5 Å². The summed E-state index contributed by atoms with van der Waals surface area (Å²) < 4.78 is 5.82. The molecule has 1 N–H and O–H groups in total. The van der Waals surface area contributed by atoms with Crippen molar-refractivity contribution in [1.82, 2.24) is 15.1 Å². The second-order valence-electron chi connectivity index (χ2n) is 10.3. The van der Waals surface area contributed by atoms with Crippen molar-refractivity contribution in [2.75, 3.05) is 20.7 Å². The smallest absolute Gasteiger partial charge is 0.245 e. The van der Waals surface area contributed by atoms with Crippen LogP contribution in [0.2, 0.25) is 0 Å². The first-order chi connectivity index (χ1) is 14.9. The quantitative estimate of drug-likeness (QED) is 0.491. The Kier molecular flexibility index (Phi) is 11.7. The Bertz CT molecular complexity index is 622. The van der Waals surface area contributed by atoms with E-state index in [1.165, 1.54) is 0 Å². The minimum atomic E-state index is -0.607. The zero-order valence-corrected chi connectivity index (χ0v) is 21.8. The molecule has 32 heavy (non-hydrogen) atoms. The highest BCUT2D eigenvalue weighted by Gasteiger charge is 2.38. The van der Waals surface area contributed by atoms with Gasteiger partial charge in [0.2, 0.25) is 17.7 Å². The fourth-order valence-corrected chi connectivity index (χ4v) is 4.66. The van der Waals surface area contributed by atoms with Gasteiger partial charge < -0.3 is 19.9 Å². The molecule has 0 radical (unpaired) electrons. The number of likely N-dealkylation sites (N-methyl/N-ethyl adjacent to an activating group) is 1. The Morgan fingerprint density at radius 3 is 2.19 bits per heavy atom. The number of nitrogens with zero attached hydrogens (tertiary/aromatic N) is 2. The number of likely N-dealkylation sites (tertiary alicyclic amines) is 1. The lowest BCUT2D eigenvalue weighted by Gasteiger charge is -2.40. The van der Waals surface area contributed by atoms with Crippen LogP contribution in [0.25, 0.3) is 0 Å². The highest BCUT2D eigenvalue weighted by Crippen LogP contribution is 2.25. The van der Waals surface area contributed by atoms with Crippen molar-refractivity contribution >= 4 is 17.7 Å². The Morgan fingerprint density at radius 2 is 1.75 bits per heavy atom. The van der Waals surface area contributed by atoms with Gasteiger partial charge in [0.1, 0.15) is 6.04 Å². The van der Waals surface area contributed by atoms with E-state index in [4.69, 9.17) is 4.74 Å². The number of rotatable bonds is 12. The van der Waals surface area contributed by atoms with E-state index >= 15 is 0 Å². The van der Waals surface area contributed by atoms with Crippen LogP contribution in [0, 0.1) is 17.8 Å². The molecule has 7 nitrogen and oxygen atoms in total. The van der Waals surface area contributed by atoms with Gasteiger partial charge in [0.05, 0.1) is 18.6 Å². The largest absolute Gasteiger partial charge is 0.379 e. The Morgan fingerprint density at radius 1 is 1.12 bits per heavy atom. The third-order valence-corrected chi connectivity index (χ3v) is 6.80. The van der Waals surface area contributed by atoms with Crippen LogP contribution in [-0.4, -0.2) is 72.5 Å². The summed E-state index contributed by atoms with van der Waals surface area (Å²) in [5.41, 5.74) is 0. The molecule has 5 atom stereocenters. The molecule has 0 aliphatic carbocycles. The van der Waals surface area contributed by atoms with Gasteiger partial charge in [-0.15, -0.1) is 0 Å². The van der Waals surface area contributed by atoms with Crippen LogP contribution in [0.4, 0.5) is 0 Å². The van der Waals surface area contributed by atoms with Crippen LogP contribution in [0.1, 0.15) is 80.6 Å². The van der Waals surface area contributed by atoms with Gasteiger partial charge in [-0.1, -0.05) is 48.0 Å². The average molecular weight is 454 g/mol. The summed E-state index contributed by atoms with van der Waals surface area (Å²) >= 11 is 0. The van der Waals surface area contributed by atoms with Gasteiger partial charge in [0.15, 0.2) is 0 Å². The van der Waals surface area contributed by atoms with Crippen molar-refractivity contribution in [1.29, 1.82) is 0 Å². The van der Waals surface area contributed by atoms with Crippen LogP contribution >= 0.6 is 0 Å². The van der Waals surface area contributed by atoms with Crippen molar-refractivity contribution in [3.63, 3.8) is 0 Å². The van der Waals surface area contributed by atoms with Gasteiger partial charge in [0.25, 0.3) is 0 Å². The Labute approximate surface area is 195 Å². The number of methoxy groups -OCH3 is 1. The van der Waals surface area contributed by atoms with E-state index in [0.717, 1.165) is 25.8 Å². The van der Waals surface area contributed by atoms with E-state index in [0.29, 0.717) is 6.42 Å². The van der Waals surface area contributed by atoms with E-state index in [2.05, 4.69) is 26.1 Å². The van der Waals surface area contributed by atoms with Crippen molar-refractivity contribution in [2.45, 2.75) is 105 Å². The molecule has 1 aliphatic rings. The zero-order chi connectivity index (χ0) is 24.6. The highest BCUT2D eigenvalue weighted by atomic mass is 16.5. The normalized spacial score (nSPS) is 20.2. The van der Waals surface area contributed by atoms with Gasteiger partial charge >= 0.3 is 0 Å². The molecule has 0 aromatic heterocycles. The summed E-state index contributed by atoms with van der Waals surface area (Å²) in [6.07, 6.45) is 3.14. The molecule has 1 fully saturated rings. The average Bonchev–Trinajstić information content (AvgIpc) is 3.15. The maximum atomic E-state index is 13.5. The monoisotopic (exact) mass is 453 g/mol. The number of nitrogens with one attached hydrogen (secondary N) is 1. The van der Waals surface area contributed by atoms with Crippen LogP contribution in [0.15, 0.2) is 0 Å². The van der Waals surface area contributed by atoms with Crippen molar-refractivity contribution in [3.8, 4) is 0 Å². The van der Waals surface area contributed by atoms with Crippen LogP contribution in [-0.2, 0) is 19.1 Å². The fourth-order valence-electron chi connectivity index (χ4n) is 4.66. The van der Waals surface area contributed by atoms with Crippen molar-refractivity contribution in [3.05, 3.63) is 0 Å². The van der Waals surface area contributed by atoms with E-state index in [9.17, 15) is 14.4 Å². The van der Waals surface area contributed by atoms with Gasteiger partial charge in [-0.3, -0.25) is 14.4 Å². The standard InChI is InChI=1S/C25H47N3O4/c1-10-18(6)24(20(32-9)15-22(30)28-13-11-12-19(28)7)27(8)25(31)23(17(4)5)26-21(29)14-16(2)3/h16-20,23-24H,10-15H2,1-9H3,(H,26,29)/t18-,19?,20+,23-,24-/m0/s1. The van der Waals surface area contributed by atoms with Crippen molar-refractivity contribution in [2.24, 2.45) is 17.8 Å². The van der Waals surface area contributed by atoms with E-state index < -0.39 is 12.1 Å². The predicted molar refractivity (Wildman–Crippen MR) is 128 cm³/mol. The molecule has 1 saturated heterocycles. The lowest BCUT2D eigenvalue weighted by Crippen LogP contribution is -2.57. The molecule has 0 aromatic carbocycles. The first kappa shape index (κ1) is 28.4. The minimum Gasteiger partial charge on any atom is -0.379 e. The summed E-state index contributed by atoms with van der Waals surface area (Å²) in [6, 6.07) is -0.616. The molecule has 1 unspecified atom stereocenters. The van der Waals surface area contributed by atoms with E-state index in [-0.39, 0.29) is 54.0 Å². The maximum Gasteiger partial charge on any atom is 0.245 e. The van der Waals surface area contributed by atoms with E-state index in [1.54, 1.807) is 19.1 Å². The molecule has 3 amide bonds.